The van der Waals surface area contributed by atoms with Crippen molar-refractivity contribution < 1.29 is 9.32 Å². The number of aromatic nitrogens is 1. The SMILES string of the molecule is NCCC(=O)Nc1cnoc1. The van der Waals surface area contributed by atoms with E-state index < -0.39 is 0 Å². The topological polar surface area (TPSA) is 81.2 Å². The summed E-state index contributed by atoms with van der Waals surface area (Å²) >= 11 is 0. The largest absolute Gasteiger partial charge is 0.363 e. The van der Waals surface area contributed by atoms with Crippen molar-refractivity contribution in [3.05, 3.63) is 12.5 Å². The molecule has 0 fully saturated rings. The van der Waals surface area contributed by atoms with Gasteiger partial charge in [0, 0.05) is 13.0 Å². The number of rotatable bonds is 3. The maximum Gasteiger partial charge on any atom is 0.225 e. The van der Waals surface area contributed by atoms with Gasteiger partial charge >= 0.3 is 0 Å². The Morgan fingerprint density at radius 1 is 1.82 bits per heavy atom. The summed E-state index contributed by atoms with van der Waals surface area (Å²) in [6.45, 7) is 0.344. The van der Waals surface area contributed by atoms with Gasteiger partial charge in [0.15, 0.2) is 0 Å². The molecule has 1 amide bonds. The molecule has 5 heteroatoms. The molecular formula is C6H9N3O2. The van der Waals surface area contributed by atoms with Crippen LogP contribution in [0.15, 0.2) is 17.0 Å². The lowest BCUT2D eigenvalue weighted by Crippen LogP contribution is -2.15. The van der Waals surface area contributed by atoms with Gasteiger partial charge in [0.25, 0.3) is 0 Å². The Morgan fingerprint density at radius 3 is 3.18 bits per heavy atom. The van der Waals surface area contributed by atoms with Gasteiger partial charge in [-0.3, -0.25) is 4.79 Å². The van der Waals surface area contributed by atoms with Crippen LogP contribution in [0.1, 0.15) is 6.42 Å². The van der Waals surface area contributed by atoms with Gasteiger partial charge in [-0.2, -0.15) is 0 Å². The number of carbonyl (C=O) groups excluding carboxylic acids is 1. The van der Waals surface area contributed by atoms with Crippen molar-refractivity contribution in [1.29, 1.82) is 0 Å². The zero-order valence-electron chi connectivity index (χ0n) is 5.91. The van der Waals surface area contributed by atoms with E-state index in [0.717, 1.165) is 0 Å². The number of carbonyl (C=O) groups is 1. The maximum absolute atomic E-state index is 10.8. The van der Waals surface area contributed by atoms with E-state index in [-0.39, 0.29) is 5.91 Å². The minimum Gasteiger partial charge on any atom is -0.363 e. The Bertz CT molecular complexity index is 220. The zero-order chi connectivity index (χ0) is 8.10. The first-order chi connectivity index (χ1) is 5.33. The van der Waals surface area contributed by atoms with Gasteiger partial charge < -0.3 is 15.6 Å². The molecule has 0 spiro atoms. The summed E-state index contributed by atoms with van der Waals surface area (Å²) in [7, 11) is 0. The molecule has 0 aliphatic rings. The normalized spacial score (nSPS) is 9.55. The monoisotopic (exact) mass is 155 g/mol. The quantitative estimate of drug-likeness (QED) is 0.641. The number of hydrogen-bond acceptors (Lipinski definition) is 4. The summed E-state index contributed by atoms with van der Waals surface area (Å²) in [5.74, 6) is -0.129. The standard InChI is InChI=1S/C6H9N3O2/c7-2-1-6(10)9-5-3-8-11-4-5/h3-4H,1-2,7H2,(H,9,10). The van der Waals surface area contributed by atoms with E-state index >= 15 is 0 Å². The van der Waals surface area contributed by atoms with Crippen LogP contribution in [-0.4, -0.2) is 17.6 Å². The molecule has 11 heavy (non-hydrogen) atoms. The summed E-state index contributed by atoms with van der Waals surface area (Å²) in [5, 5.41) is 5.96. The molecular weight excluding hydrogens is 146 g/mol. The number of nitrogens with one attached hydrogen (secondary N) is 1. The van der Waals surface area contributed by atoms with E-state index in [4.69, 9.17) is 5.73 Å². The van der Waals surface area contributed by atoms with Gasteiger partial charge in [0.2, 0.25) is 5.91 Å². The van der Waals surface area contributed by atoms with E-state index in [0.29, 0.717) is 18.7 Å². The number of anilines is 1. The predicted octanol–water partition coefficient (Wildman–Crippen LogP) is -0.0381. The lowest BCUT2D eigenvalue weighted by Gasteiger charge is -1.97. The fourth-order valence-electron chi connectivity index (χ4n) is 0.621. The van der Waals surface area contributed by atoms with Crippen molar-refractivity contribution in [2.24, 2.45) is 5.73 Å². The minimum atomic E-state index is -0.129. The molecule has 0 aliphatic carbocycles. The van der Waals surface area contributed by atoms with Gasteiger partial charge in [-0.15, -0.1) is 0 Å². The molecule has 5 nitrogen and oxygen atoms in total. The minimum absolute atomic E-state index is 0.129. The molecule has 3 N–H and O–H groups in total. The third-order valence-corrected chi connectivity index (χ3v) is 1.09. The van der Waals surface area contributed by atoms with Crippen molar-refractivity contribution in [3.63, 3.8) is 0 Å². The Morgan fingerprint density at radius 2 is 2.64 bits per heavy atom. The lowest BCUT2D eigenvalue weighted by atomic mass is 10.4. The summed E-state index contributed by atoms with van der Waals surface area (Å²) in [6, 6.07) is 0. The van der Waals surface area contributed by atoms with E-state index in [1.165, 1.54) is 12.5 Å². The molecule has 0 bridgehead atoms. The van der Waals surface area contributed by atoms with Crippen molar-refractivity contribution in [3.8, 4) is 0 Å². The molecule has 0 aromatic carbocycles. The van der Waals surface area contributed by atoms with E-state index in [2.05, 4.69) is 15.0 Å². The van der Waals surface area contributed by atoms with Gasteiger partial charge in [-0.1, -0.05) is 5.16 Å². The summed E-state index contributed by atoms with van der Waals surface area (Å²) in [4.78, 5) is 10.8. The van der Waals surface area contributed by atoms with Crippen LogP contribution in [0.2, 0.25) is 0 Å². The second-order valence-electron chi connectivity index (χ2n) is 2.00. The number of nitrogens with zero attached hydrogens (tertiary/aromatic N) is 1. The predicted molar refractivity (Wildman–Crippen MR) is 38.8 cm³/mol. The third kappa shape index (κ3) is 2.38. The zero-order valence-corrected chi connectivity index (χ0v) is 5.91. The van der Waals surface area contributed by atoms with Crippen molar-refractivity contribution in [2.75, 3.05) is 11.9 Å². The maximum atomic E-state index is 10.8. The highest BCUT2D eigenvalue weighted by atomic mass is 16.5. The Labute approximate surface area is 63.5 Å². The molecule has 60 valence electrons. The second-order valence-corrected chi connectivity index (χ2v) is 2.00. The van der Waals surface area contributed by atoms with Gasteiger partial charge in [0.1, 0.15) is 12.0 Å². The van der Waals surface area contributed by atoms with Crippen molar-refractivity contribution in [1.82, 2.24) is 5.16 Å². The fraction of sp³-hybridized carbons (Fsp3) is 0.333. The van der Waals surface area contributed by atoms with Crippen LogP contribution in [0, 0.1) is 0 Å². The highest BCUT2D eigenvalue weighted by Gasteiger charge is 2.00. The second kappa shape index (κ2) is 3.72. The molecule has 1 heterocycles. The fourth-order valence-corrected chi connectivity index (χ4v) is 0.621. The average molecular weight is 155 g/mol. The third-order valence-electron chi connectivity index (χ3n) is 1.09. The van der Waals surface area contributed by atoms with E-state index in [9.17, 15) is 4.79 Å². The first-order valence-corrected chi connectivity index (χ1v) is 3.22. The van der Waals surface area contributed by atoms with Crippen LogP contribution in [0.3, 0.4) is 0 Å². The van der Waals surface area contributed by atoms with Gasteiger partial charge in [0.05, 0.1) is 6.20 Å². The number of hydrogen-bond donors (Lipinski definition) is 2. The lowest BCUT2D eigenvalue weighted by molar-refractivity contribution is -0.116. The Hall–Kier alpha value is -1.36. The van der Waals surface area contributed by atoms with Crippen molar-refractivity contribution in [2.45, 2.75) is 6.42 Å². The molecule has 0 radical (unpaired) electrons. The molecule has 0 saturated heterocycles. The van der Waals surface area contributed by atoms with E-state index in [1.807, 2.05) is 0 Å². The van der Waals surface area contributed by atoms with E-state index in [1.54, 1.807) is 0 Å². The molecule has 0 saturated carbocycles. The summed E-state index contributed by atoms with van der Waals surface area (Å²) < 4.78 is 4.50. The first-order valence-electron chi connectivity index (χ1n) is 3.22. The molecule has 0 unspecified atom stereocenters. The molecule has 1 rings (SSSR count). The van der Waals surface area contributed by atoms with Crippen molar-refractivity contribution >= 4 is 11.6 Å². The summed E-state index contributed by atoms with van der Waals surface area (Å²) in [6.07, 6.45) is 3.09. The summed E-state index contributed by atoms with van der Waals surface area (Å²) in [5.41, 5.74) is 5.72. The van der Waals surface area contributed by atoms with Crippen LogP contribution in [0.4, 0.5) is 5.69 Å². The average Bonchev–Trinajstić information content (AvgIpc) is 2.40. The van der Waals surface area contributed by atoms with Crippen LogP contribution < -0.4 is 11.1 Å². The van der Waals surface area contributed by atoms with Crippen LogP contribution in [0.5, 0.6) is 0 Å². The smallest absolute Gasteiger partial charge is 0.225 e. The molecule has 1 aromatic heterocycles. The number of amides is 1. The van der Waals surface area contributed by atoms with Crippen LogP contribution in [0.25, 0.3) is 0 Å². The Kier molecular flexibility index (Phi) is 2.62. The Balaban J connectivity index is 2.37. The molecule has 1 aromatic rings. The molecule has 0 aliphatic heterocycles. The van der Waals surface area contributed by atoms with Gasteiger partial charge in [-0.25, -0.2) is 0 Å². The molecule has 0 atom stereocenters. The van der Waals surface area contributed by atoms with Crippen LogP contribution in [-0.2, 0) is 4.79 Å². The first kappa shape index (κ1) is 7.74. The highest BCUT2D eigenvalue weighted by molar-refractivity contribution is 5.90. The van der Waals surface area contributed by atoms with Gasteiger partial charge in [-0.05, 0) is 0 Å². The van der Waals surface area contributed by atoms with Crippen LogP contribution >= 0.6 is 0 Å². The highest BCUT2D eigenvalue weighted by Crippen LogP contribution is 2.03. The number of nitrogens with two attached hydrogens (primary N) is 1.